The molecule has 5 aromatic heterocycles. The van der Waals surface area contributed by atoms with Crippen LogP contribution in [0.1, 0.15) is 64.8 Å². The first-order valence-corrected chi connectivity index (χ1v) is 18.7. The third-order valence-corrected chi connectivity index (χ3v) is 10.3. The molecule has 1 aliphatic rings. The first kappa shape index (κ1) is 37.0. The Bertz CT molecular complexity index is 2650. The molecule has 6 heterocycles. The molecular weight excluding hydrogens is 731 g/mol. The van der Waals surface area contributed by atoms with Gasteiger partial charge in [-0.1, -0.05) is 22.5 Å². The molecule has 0 aliphatic carbocycles. The van der Waals surface area contributed by atoms with Crippen LogP contribution in [-0.4, -0.2) is 88.3 Å². The fourth-order valence-corrected chi connectivity index (χ4v) is 7.24. The van der Waals surface area contributed by atoms with Crippen LogP contribution < -0.4 is 20.3 Å². The van der Waals surface area contributed by atoms with Crippen LogP contribution in [0.5, 0.6) is 11.5 Å². The fourth-order valence-electron chi connectivity index (χ4n) is 7.24. The molecule has 1 aliphatic heterocycles. The number of ether oxygens (including phenoxy) is 2. The summed E-state index contributed by atoms with van der Waals surface area (Å²) in [5, 5.41) is 20.6. The number of anilines is 1. The molecule has 2 aromatic carbocycles. The highest BCUT2D eigenvalue weighted by Gasteiger charge is 2.26. The number of carbonyl (C=O) groups is 2. The number of benzene rings is 2. The van der Waals surface area contributed by atoms with E-state index >= 15 is 0 Å². The standard InChI is InChI=1S/C40H41N11O6/c1-24-16-25(2)51-38(43-24)31(20-42-51)39(53)44-28-9-7-26(8-10-28)34-22-50(47-45-34)21-29-17-32(46-57-29)27-11-14-48(15-12-27)37(52)6-5-13-49-23-41-33-19-36(56-4)35(55-3)18-30(33)40(49)54/h7-10,16-20,22-23,27H,5-6,11-15,21H2,1-4H3,(H,44,53). The summed E-state index contributed by atoms with van der Waals surface area (Å²) >= 11 is 0. The lowest BCUT2D eigenvalue weighted by molar-refractivity contribution is -0.132. The third-order valence-electron chi connectivity index (χ3n) is 10.3. The molecule has 0 atom stereocenters. The maximum absolute atomic E-state index is 13.1. The Hall–Kier alpha value is -6.91. The average Bonchev–Trinajstić information content (AvgIpc) is 4.00. The summed E-state index contributed by atoms with van der Waals surface area (Å²) in [4.78, 5) is 50.0. The minimum absolute atomic E-state index is 0.0648. The summed E-state index contributed by atoms with van der Waals surface area (Å²) in [5.74, 6) is 1.56. The van der Waals surface area contributed by atoms with Crippen LogP contribution >= 0.6 is 0 Å². The van der Waals surface area contributed by atoms with Gasteiger partial charge in [-0.15, -0.1) is 5.10 Å². The number of carbonyl (C=O) groups excluding carboxylic acids is 2. The van der Waals surface area contributed by atoms with Crippen molar-refractivity contribution in [3.63, 3.8) is 0 Å². The van der Waals surface area contributed by atoms with Crippen LogP contribution in [0, 0.1) is 13.8 Å². The fraction of sp³-hybridized carbons (Fsp3) is 0.325. The summed E-state index contributed by atoms with van der Waals surface area (Å²) in [6.45, 7) is 5.78. The number of amides is 2. The predicted molar refractivity (Wildman–Crippen MR) is 208 cm³/mol. The Kier molecular flexibility index (Phi) is 10.2. The van der Waals surface area contributed by atoms with Gasteiger partial charge in [0, 0.05) is 66.7 Å². The summed E-state index contributed by atoms with van der Waals surface area (Å²) in [7, 11) is 3.05. The summed E-state index contributed by atoms with van der Waals surface area (Å²) in [5.41, 5.74) is 5.95. The normalized spacial score (nSPS) is 13.4. The quantitative estimate of drug-likeness (QED) is 0.179. The second kappa shape index (κ2) is 15.7. The van der Waals surface area contributed by atoms with Crippen LogP contribution in [0.25, 0.3) is 27.8 Å². The Balaban J connectivity index is 0.805. The molecule has 2 amide bonds. The van der Waals surface area contributed by atoms with Crippen LogP contribution in [-0.2, 0) is 17.9 Å². The molecular formula is C40H41N11O6. The van der Waals surface area contributed by atoms with E-state index < -0.39 is 0 Å². The van der Waals surface area contributed by atoms with Crippen LogP contribution in [0.3, 0.4) is 0 Å². The van der Waals surface area contributed by atoms with Crippen molar-refractivity contribution in [2.75, 3.05) is 32.6 Å². The van der Waals surface area contributed by atoms with Crippen molar-refractivity contribution in [1.29, 1.82) is 0 Å². The Labute approximate surface area is 326 Å². The largest absolute Gasteiger partial charge is 0.493 e. The van der Waals surface area contributed by atoms with E-state index in [1.54, 1.807) is 21.3 Å². The molecule has 17 nitrogen and oxygen atoms in total. The predicted octanol–water partition coefficient (Wildman–Crippen LogP) is 4.81. The van der Waals surface area contributed by atoms with E-state index in [4.69, 9.17) is 14.0 Å². The monoisotopic (exact) mass is 771 g/mol. The number of likely N-dealkylation sites (tertiary alicyclic amines) is 1. The van der Waals surface area contributed by atoms with Gasteiger partial charge in [0.2, 0.25) is 5.91 Å². The lowest BCUT2D eigenvalue weighted by atomic mass is 9.93. The van der Waals surface area contributed by atoms with Gasteiger partial charge in [-0.25, -0.2) is 19.2 Å². The van der Waals surface area contributed by atoms with Crippen molar-refractivity contribution in [3.8, 4) is 22.8 Å². The summed E-state index contributed by atoms with van der Waals surface area (Å²) < 4.78 is 21.2. The number of hydrogen-bond acceptors (Lipinski definition) is 12. The van der Waals surface area contributed by atoms with Gasteiger partial charge in [-0.2, -0.15) is 5.10 Å². The van der Waals surface area contributed by atoms with E-state index in [0.29, 0.717) is 89.8 Å². The van der Waals surface area contributed by atoms with E-state index in [1.165, 1.54) is 31.3 Å². The first-order chi connectivity index (χ1) is 27.7. The zero-order valence-electron chi connectivity index (χ0n) is 32.0. The molecule has 0 unspecified atom stereocenters. The molecule has 1 fully saturated rings. The molecule has 1 N–H and O–H groups in total. The van der Waals surface area contributed by atoms with E-state index in [0.717, 1.165) is 35.5 Å². The molecule has 0 radical (unpaired) electrons. The second-order valence-electron chi connectivity index (χ2n) is 14.1. The third kappa shape index (κ3) is 7.68. The average molecular weight is 772 g/mol. The molecule has 1 saturated heterocycles. The second-order valence-corrected chi connectivity index (χ2v) is 14.1. The van der Waals surface area contributed by atoms with E-state index in [2.05, 4.69) is 35.9 Å². The van der Waals surface area contributed by atoms with Gasteiger partial charge in [-0.3, -0.25) is 19.0 Å². The van der Waals surface area contributed by atoms with Gasteiger partial charge in [-0.05, 0) is 57.4 Å². The van der Waals surface area contributed by atoms with Crippen molar-refractivity contribution in [3.05, 3.63) is 106 Å². The maximum atomic E-state index is 13.1. The summed E-state index contributed by atoms with van der Waals surface area (Å²) in [6.07, 6.45) is 7.26. The van der Waals surface area contributed by atoms with Crippen molar-refractivity contribution < 1.29 is 23.6 Å². The molecule has 7 aromatic rings. The van der Waals surface area contributed by atoms with Crippen LogP contribution in [0.4, 0.5) is 5.69 Å². The highest BCUT2D eigenvalue weighted by Crippen LogP contribution is 2.31. The highest BCUT2D eigenvalue weighted by atomic mass is 16.5. The van der Waals surface area contributed by atoms with Gasteiger partial charge in [0.1, 0.15) is 17.8 Å². The Morgan fingerprint density at radius 1 is 1.00 bits per heavy atom. The van der Waals surface area contributed by atoms with Gasteiger partial charge in [0.25, 0.3) is 11.5 Å². The minimum atomic E-state index is -0.293. The minimum Gasteiger partial charge on any atom is -0.493 e. The van der Waals surface area contributed by atoms with Crippen molar-refractivity contribution in [2.24, 2.45) is 0 Å². The Morgan fingerprint density at radius 3 is 2.54 bits per heavy atom. The number of fused-ring (bicyclic) bond motifs is 2. The smallest absolute Gasteiger partial charge is 0.261 e. The van der Waals surface area contributed by atoms with Gasteiger partial charge >= 0.3 is 0 Å². The Morgan fingerprint density at radius 2 is 1.77 bits per heavy atom. The number of nitrogens with one attached hydrogen (secondary N) is 1. The number of aromatic nitrogens is 9. The lowest BCUT2D eigenvalue weighted by Crippen LogP contribution is -2.38. The lowest BCUT2D eigenvalue weighted by Gasteiger charge is -2.31. The number of piperidine rings is 1. The van der Waals surface area contributed by atoms with Crippen molar-refractivity contribution in [2.45, 2.75) is 58.5 Å². The number of aryl methyl sites for hydroxylation is 3. The van der Waals surface area contributed by atoms with E-state index in [-0.39, 0.29) is 23.3 Å². The van der Waals surface area contributed by atoms with Gasteiger partial charge in [0.05, 0.1) is 49.5 Å². The SMILES string of the molecule is COc1cc2ncn(CCCC(=O)N3CCC(c4cc(Cn5cc(-c6ccc(NC(=O)c7cnn8c(C)cc(C)nc78)cc6)nn5)on4)CC3)c(=O)c2cc1OC. The van der Waals surface area contributed by atoms with Crippen LogP contribution in [0.15, 0.2) is 76.6 Å². The zero-order valence-corrected chi connectivity index (χ0v) is 32.0. The number of methoxy groups -OCH3 is 2. The molecule has 0 spiro atoms. The number of nitrogens with zero attached hydrogens (tertiary/aromatic N) is 10. The molecule has 0 saturated carbocycles. The first-order valence-electron chi connectivity index (χ1n) is 18.7. The molecule has 8 rings (SSSR count). The molecule has 57 heavy (non-hydrogen) atoms. The highest BCUT2D eigenvalue weighted by molar-refractivity contribution is 6.08. The maximum Gasteiger partial charge on any atom is 0.261 e. The van der Waals surface area contributed by atoms with Gasteiger partial charge < -0.3 is 24.2 Å². The van der Waals surface area contributed by atoms with Crippen molar-refractivity contribution in [1.82, 2.24) is 49.2 Å². The number of hydrogen-bond donors (Lipinski definition) is 1. The van der Waals surface area contributed by atoms with E-state index in [1.807, 2.05) is 61.3 Å². The molecule has 17 heteroatoms. The van der Waals surface area contributed by atoms with Crippen molar-refractivity contribution >= 4 is 34.1 Å². The van der Waals surface area contributed by atoms with Crippen LogP contribution in [0.2, 0.25) is 0 Å². The van der Waals surface area contributed by atoms with Gasteiger partial charge in [0.15, 0.2) is 22.9 Å². The number of rotatable bonds is 12. The molecule has 292 valence electrons. The molecule has 0 bridgehead atoms. The zero-order chi connectivity index (χ0) is 39.6. The van der Waals surface area contributed by atoms with E-state index in [9.17, 15) is 14.4 Å². The topological polar surface area (TPSA) is 190 Å². The summed E-state index contributed by atoms with van der Waals surface area (Å²) in [6, 6.07) is 14.5.